The van der Waals surface area contributed by atoms with E-state index in [9.17, 15) is 9.59 Å². The van der Waals surface area contributed by atoms with Gasteiger partial charge in [0.25, 0.3) is 5.91 Å². The minimum Gasteiger partial charge on any atom is -0.371 e. The Morgan fingerprint density at radius 3 is 2.38 bits per heavy atom. The summed E-state index contributed by atoms with van der Waals surface area (Å²) in [5, 5.41) is 2.90. The molecule has 24 heavy (non-hydrogen) atoms. The van der Waals surface area contributed by atoms with E-state index in [4.69, 9.17) is 0 Å². The lowest BCUT2D eigenvalue weighted by molar-refractivity contribution is -0.116. The second-order valence-corrected chi connectivity index (χ2v) is 6.20. The number of carbonyl (C=O) groups is 2. The van der Waals surface area contributed by atoms with Crippen LogP contribution in [0, 0.1) is 0 Å². The van der Waals surface area contributed by atoms with Gasteiger partial charge < -0.3 is 15.1 Å². The summed E-state index contributed by atoms with van der Waals surface area (Å²) < 4.78 is 0. The SMILES string of the molecule is CCCC(=O)Nc1ccc(N2CCCC2)c(C(=O)N(CC)CC)c1. The molecule has 0 aliphatic carbocycles. The number of amides is 2. The Morgan fingerprint density at radius 1 is 1.12 bits per heavy atom. The van der Waals surface area contributed by atoms with Gasteiger partial charge in [0.1, 0.15) is 0 Å². The predicted molar refractivity (Wildman–Crippen MR) is 98.7 cm³/mol. The number of nitrogens with one attached hydrogen (secondary N) is 1. The van der Waals surface area contributed by atoms with Crippen molar-refractivity contribution in [1.29, 1.82) is 0 Å². The van der Waals surface area contributed by atoms with Crippen LogP contribution in [-0.2, 0) is 4.79 Å². The van der Waals surface area contributed by atoms with Gasteiger partial charge in [0.15, 0.2) is 0 Å². The van der Waals surface area contributed by atoms with Crippen molar-refractivity contribution in [3.63, 3.8) is 0 Å². The van der Waals surface area contributed by atoms with Crippen molar-refractivity contribution in [2.75, 3.05) is 36.4 Å². The van der Waals surface area contributed by atoms with Crippen LogP contribution < -0.4 is 10.2 Å². The van der Waals surface area contributed by atoms with Crippen molar-refractivity contribution in [1.82, 2.24) is 4.90 Å². The number of hydrogen-bond acceptors (Lipinski definition) is 3. The molecule has 2 amide bonds. The largest absolute Gasteiger partial charge is 0.371 e. The Hall–Kier alpha value is -2.04. The molecule has 1 heterocycles. The second kappa shape index (κ2) is 8.71. The topological polar surface area (TPSA) is 52.7 Å². The first-order valence-corrected chi connectivity index (χ1v) is 9.08. The molecule has 5 heteroatoms. The fourth-order valence-corrected chi connectivity index (χ4v) is 3.15. The minimum atomic E-state index is -0.00680. The van der Waals surface area contributed by atoms with Gasteiger partial charge in [0, 0.05) is 44.0 Å². The van der Waals surface area contributed by atoms with E-state index in [0.29, 0.717) is 30.8 Å². The van der Waals surface area contributed by atoms with Gasteiger partial charge in [0.2, 0.25) is 5.91 Å². The molecule has 1 aliphatic rings. The Kier molecular flexibility index (Phi) is 6.64. The van der Waals surface area contributed by atoms with Crippen LogP contribution in [0.3, 0.4) is 0 Å². The van der Waals surface area contributed by atoms with Crippen LogP contribution in [0.5, 0.6) is 0 Å². The molecule has 132 valence electrons. The van der Waals surface area contributed by atoms with Crippen LogP contribution in [0.15, 0.2) is 18.2 Å². The normalized spacial score (nSPS) is 13.9. The zero-order valence-electron chi connectivity index (χ0n) is 15.1. The van der Waals surface area contributed by atoms with Crippen LogP contribution >= 0.6 is 0 Å². The molecule has 0 aromatic heterocycles. The van der Waals surface area contributed by atoms with Crippen molar-refractivity contribution >= 4 is 23.2 Å². The summed E-state index contributed by atoms with van der Waals surface area (Å²) in [5.41, 5.74) is 2.37. The van der Waals surface area contributed by atoms with Gasteiger partial charge in [-0.2, -0.15) is 0 Å². The first-order chi connectivity index (χ1) is 11.6. The molecular weight excluding hydrogens is 302 g/mol. The molecule has 0 unspecified atom stereocenters. The lowest BCUT2D eigenvalue weighted by Gasteiger charge is -2.25. The maximum atomic E-state index is 12.9. The lowest BCUT2D eigenvalue weighted by atomic mass is 10.1. The highest BCUT2D eigenvalue weighted by Crippen LogP contribution is 2.28. The number of carbonyl (C=O) groups excluding carboxylic acids is 2. The standard InChI is InChI=1S/C19H29N3O2/c1-4-9-18(23)20-15-10-11-17(22-12-7-8-13-22)16(14-15)19(24)21(5-2)6-3/h10-11,14H,4-9,12-13H2,1-3H3,(H,20,23). The molecule has 0 saturated carbocycles. The summed E-state index contributed by atoms with van der Waals surface area (Å²) in [6, 6.07) is 5.71. The second-order valence-electron chi connectivity index (χ2n) is 6.20. The summed E-state index contributed by atoms with van der Waals surface area (Å²) in [6.45, 7) is 9.29. The lowest BCUT2D eigenvalue weighted by Crippen LogP contribution is -2.32. The van der Waals surface area contributed by atoms with Crippen LogP contribution in [0.4, 0.5) is 11.4 Å². The number of nitrogens with zero attached hydrogens (tertiary/aromatic N) is 2. The molecule has 1 N–H and O–H groups in total. The van der Waals surface area contributed by atoms with E-state index in [2.05, 4.69) is 10.2 Å². The van der Waals surface area contributed by atoms with Crippen molar-refractivity contribution in [3.05, 3.63) is 23.8 Å². The van der Waals surface area contributed by atoms with E-state index < -0.39 is 0 Å². The average Bonchev–Trinajstić information content (AvgIpc) is 3.10. The Morgan fingerprint density at radius 2 is 1.79 bits per heavy atom. The molecule has 2 rings (SSSR count). The molecule has 0 bridgehead atoms. The predicted octanol–water partition coefficient (Wildman–Crippen LogP) is 3.51. The molecule has 5 nitrogen and oxygen atoms in total. The third kappa shape index (κ3) is 4.28. The summed E-state index contributed by atoms with van der Waals surface area (Å²) in [6.07, 6.45) is 3.62. The maximum absolute atomic E-state index is 12.9. The van der Waals surface area contributed by atoms with Gasteiger partial charge >= 0.3 is 0 Å². The first kappa shape index (κ1) is 18.3. The molecule has 1 aromatic rings. The van der Waals surface area contributed by atoms with Crippen LogP contribution in [0.25, 0.3) is 0 Å². The molecule has 0 atom stereocenters. The van der Waals surface area contributed by atoms with E-state index in [0.717, 1.165) is 38.0 Å². The summed E-state index contributed by atoms with van der Waals surface area (Å²) in [5.74, 6) is 0.0288. The average molecular weight is 331 g/mol. The monoisotopic (exact) mass is 331 g/mol. The summed E-state index contributed by atoms with van der Waals surface area (Å²) in [7, 11) is 0. The van der Waals surface area contributed by atoms with Gasteiger partial charge in [-0.3, -0.25) is 9.59 Å². The first-order valence-electron chi connectivity index (χ1n) is 9.08. The molecule has 1 fully saturated rings. The molecule has 0 spiro atoms. The highest BCUT2D eigenvalue weighted by atomic mass is 16.2. The number of rotatable bonds is 7. The van der Waals surface area contributed by atoms with Gasteiger partial charge in [-0.1, -0.05) is 6.92 Å². The smallest absolute Gasteiger partial charge is 0.256 e. The van der Waals surface area contributed by atoms with E-state index in [1.807, 2.05) is 43.9 Å². The Bertz CT molecular complexity index is 576. The highest BCUT2D eigenvalue weighted by Gasteiger charge is 2.22. The number of hydrogen-bond donors (Lipinski definition) is 1. The highest BCUT2D eigenvalue weighted by molar-refractivity contribution is 6.02. The van der Waals surface area contributed by atoms with Gasteiger partial charge in [-0.15, -0.1) is 0 Å². The molecule has 1 aromatic carbocycles. The van der Waals surface area contributed by atoms with Crippen molar-refractivity contribution < 1.29 is 9.59 Å². The summed E-state index contributed by atoms with van der Waals surface area (Å²) >= 11 is 0. The molecule has 1 saturated heterocycles. The number of benzene rings is 1. The maximum Gasteiger partial charge on any atom is 0.256 e. The number of anilines is 2. The Balaban J connectivity index is 2.33. The van der Waals surface area contributed by atoms with Gasteiger partial charge in [-0.05, 0) is 51.3 Å². The van der Waals surface area contributed by atoms with Crippen molar-refractivity contribution in [2.45, 2.75) is 46.5 Å². The van der Waals surface area contributed by atoms with Crippen molar-refractivity contribution in [2.24, 2.45) is 0 Å². The minimum absolute atomic E-state index is 0.00680. The quantitative estimate of drug-likeness (QED) is 0.832. The summed E-state index contributed by atoms with van der Waals surface area (Å²) in [4.78, 5) is 28.9. The van der Waals surface area contributed by atoms with E-state index in [-0.39, 0.29) is 11.8 Å². The molecule has 0 radical (unpaired) electrons. The van der Waals surface area contributed by atoms with Crippen LogP contribution in [-0.4, -0.2) is 42.9 Å². The van der Waals surface area contributed by atoms with Gasteiger partial charge in [0.05, 0.1) is 5.56 Å². The zero-order chi connectivity index (χ0) is 17.5. The van der Waals surface area contributed by atoms with E-state index in [1.54, 1.807) is 0 Å². The fraction of sp³-hybridized carbons (Fsp3) is 0.579. The zero-order valence-corrected chi connectivity index (χ0v) is 15.1. The van der Waals surface area contributed by atoms with E-state index in [1.165, 1.54) is 0 Å². The van der Waals surface area contributed by atoms with Crippen LogP contribution in [0.1, 0.15) is 56.8 Å². The van der Waals surface area contributed by atoms with Crippen LogP contribution in [0.2, 0.25) is 0 Å². The van der Waals surface area contributed by atoms with Gasteiger partial charge in [-0.25, -0.2) is 0 Å². The van der Waals surface area contributed by atoms with Crippen molar-refractivity contribution in [3.8, 4) is 0 Å². The fourth-order valence-electron chi connectivity index (χ4n) is 3.15. The van der Waals surface area contributed by atoms with E-state index >= 15 is 0 Å². The molecule has 1 aliphatic heterocycles. The molecular formula is C19H29N3O2. The third-order valence-corrected chi connectivity index (χ3v) is 4.49. The Labute approximate surface area is 145 Å². The third-order valence-electron chi connectivity index (χ3n) is 4.49.